The van der Waals surface area contributed by atoms with E-state index < -0.39 is 10.0 Å². The van der Waals surface area contributed by atoms with Gasteiger partial charge in [0.2, 0.25) is 21.8 Å². The molecule has 1 saturated carbocycles. The summed E-state index contributed by atoms with van der Waals surface area (Å²) in [5.41, 5.74) is 0. The zero-order chi connectivity index (χ0) is 23.0. The number of piperazine rings is 1. The maximum Gasteiger partial charge on any atom is 0.243 e. The molecule has 0 N–H and O–H groups in total. The Morgan fingerprint density at radius 3 is 2.36 bits per heavy atom. The van der Waals surface area contributed by atoms with Crippen LogP contribution in [0.5, 0.6) is 11.5 Å². The Kier molecular flexibility index (Phi) is 6.22. The van der Waals surface area contributed by atoms with Gasteiger partial charge in [-0.15, -0.1) is 0 Å². The Bertz CT molecular complexity index is 1020. The second-order valence-electron chi connectivity index (χ2n) is 9.27. The summed E-state index contributed by atoms with van der Waals surface area (Å²) < 4.78 is 39.0. The number of fused-ring (bicyclic) bond motifs is 1. The number of ether oxygens (including phenoxy) is 2. The van der Waals surface area contributed by atoms with E-state index in [0.717, 1.165) is 32.1 Å². The van der Waals surface area contributed by atoms with Gasteiger partial charge in [0.25, 0.3) is 0 Å². The molecule has 1 aliphatic carbocycles. The average molecular weight is 478 g/mol. The second-order valence-corrected chi connectivity index (χ2v) is 11.2. The van der Waals surface area contributed by atoms with Crippen molar-refractivity contribution in [2.75, 3.05) is 45.9 Å². The Morgan fingerprint density at radius 2 is 1.64 bits per heavy atom. The lowest BCUT2D eigenvalue weighted by molar-refractivity contribution is -0.137. The Hall–Kier alpha value is -2.33. The minimum Gasteiger partial charge on any atom is -0.490 e. The SMILES string of the molecule is O=C(C1CC(=O)N(C2CCCC2)C1)N1CCN(S(=O)(=O)c2ccc3c(c2)OCCCO3)CC1. The van der Waals surface area contributed by atoms with Crippen molar-refractivity contribution >= 4 is 21.8 Å². The van der Waals surface area contributed by atoms with Crippen LogP contribution < -0.4 is 9.47 Å². The number of sulfonamides is 1. The summed E-state index contributed by atoms with van der Waals surface area (Å²) in [7, 11) is -3.71. The van der Waals surface area contributed by atoms with Gasteiger partial charge in [-0.05, 0) is 25.0 Å². The first-order chi connectivity index (χ1) is 15.9. The van der Waals surface area contributed by atoms with E-state index in [1.165, 1.54) is 10.4 Å². The average Bonchev–Trinajstić information content (AvgIpc) is 3.42. The van der Waals surface area contributed by atoms with Crippen molar-refractivity contribution in [1.29, 1.82) is 0 Å². The molecule has 0 radical (unpaired) electrons. The van der Waals surface area contributed by atoms with Crippen molar-refractivity contribution in [3.63, 3.8) is 0 Å². The minimum absolute atomic E-state index is 0.0310. The highest BCUT2D eigenvalue weighted by molar-refractivity contribution is 7.89. The van der Waals surface area contributed by atoms with Crippen molar-refractivity contribution in [3.05, 3.63) is 18.2 Å². The van der Waals surface area contributed by atoms with Crippen LogP contribution in [0.1, 0.15) is 38.5 Å². The molecule has 10 heteroatoms. The molecule has 3 fully saturated rings. The van der Waals surface area contributed by atoms with Gasteiger partial charge in [-0.2, -0.15) is 4.31 Å². The summed E-state index contributed by atoms with van der Waals surface area (Å²) in [6.45, 7) is 2.65. The Morgan fingerprint density at radius 1 is 0.939 bits per heavy atom. The van der Waals surface area contributed by atoms with Crippen LogP contribution in [-0.4, -0.2) is 86.3 Å². The van der Waals surface area contributed by atoms with Crippen LogP contribution in [-0.2, 0) is 19.6 Å². The number of likely N-dealkylation sites (tertiary alicyclic amines) is 1. The predicted octanol–water partition coefficient (Wildman–Crippen LogP) is 1.47. The van der Waals surface area contributed by atoms with Crippen LogP contribution in [0.25, 0.3) is 0 Å². The molecule has 180 valence electrons. The van der Waals surface area contributed by atoms with Crippen molar-refractivity contribution in [1.82, 2.24) is 14.1 Å². The number of carbonyl (C=O) groups is 2. The van der Waals surface area contributed by atoms with Gasteiger partial charge in [0.05, 0.1) is 24.0 Å². The third-order valence-corrected chi connectivity index (χ3v) is 9.07. The van der Waals surface area contributed by atoms with Crippen LogP contribution in [0.2, 0.25) is 0 Å². The van der Waals surface area contributed by atoms with Crippen molar-refractivity contribution in [2.45, 2.75) is 49.5 Å². The molecule has 0 spiro atoms. The van der Waals surface area contributed by atoms with Crippen LogP contribution in [0, 0.1) is 5.92 Å². The molecule has 0 bridgehead atoms. The molecule has 3 heterocycles. The first-order valence-electron chi connectivity index (χ1n) is 11.9. The molecule has 0 aromatic heterocycles. The monoisotopic (exact) mass is 477 g/mol. The van der Waals surface area contributed by atoms with E-state index in [-0.39, 0.29) is 48.2 Å². The van der Waals surface area contributed by atoms with Gasteiger partial charge >= 0.3 is 0 Å². The molecule has 4 aliphatic rings. The molecular weight excluding hydrogens is 446 g/mol. The molecule has 3 aliphatic heterocycles. The third kappa shape index (κ3) is 4.42. The van der Waals surface area contributed by atoms with E-state index in [0.29, 0.717) is 44.3 Å². The standard InChI is InChI=1S/C23H31N3O6S/c27-22-14-17(16-26(22)18-4-1-2-5-18)23(28)24-8-10-25(11-9-24)33(29,30)19-6-7-20-21(15-19)32-13-3-12-31-20/h6-7,15,17-18H,1-5,8-14,16H2. The number of carbonyl (C=O) groups excluding carboxylic acids is 2. The van der Waals surface area contributed by atoms with Gasteiger partial charge in [0.1, 0.15) is 0 Å². The fourth-order valence-corrected chi connectivity index (χ4v) is 6.76. The second kappa shape index (κ2) is 9.13. The lowest BCUT2D eigenvalue weighted by Crippen LogP contribution is -2.52. The summed E-state index contributed by atoms with van der Waals surface area (Å²) in [4.78, 5) is 29.3. The summed E-state index contributed by atoms with van der Waals surface area (Å²) in [6.07, 6.45) is 5.37. The van der Waals surface area contributed by atoms with E-state index >= 15 is 0 Å². The quantitative estimate of drug-likeness (QED) is 0.652. The fraction of sp³-hybridized carbons (Fsp3) is 0.652. The van der Waals surface area contributed by atoms with Crippen LogP contribution in [0.3, 0.4) is 0 Å². The molecule has 1 aromatic rings. The molecule has 1 unspecified atom stereocenters. The lowest BCUT2D eigenvalue weighted by Gasteiger charge is -2.35. The highest BCUT2D eigenvalue weighted by Gasteiger charge is 2.41. The molecule has 1 atom stereocenters. The number of rotatable bonds is 4. The molecule has 5 rings (SSSR count). The molecule has 2 amide bonds. The number of benzene rings is 1. The van der Waals surface area contributed by atoms with Crippen molar-refractivity contribution in [3.8, 4) is 11.5 Å². The number of hydrogen-bond acceptors (Lipinski definition) is 6. The summed E-state index contributed by atoms with van der Waals surface area (Å²) >= 11 is 0. The number of hydrogen-bond donors (Lipinski definition) is 0. The largest absolute Gasteiger partial charge is 0.490 e. The molecule has 1 aromatic carbocycles. The zero-order valence-corrected chi connectivity index (χ0v) is 19.6. The predicted molar refractivity (Wildman–Crippen MR) is 119 cm³/mol. The van der Waals surface area contributed by atoms with E-state index in [1.807, 2.05) is 4.90 Å². The van der Waals surface area contributed by atoms with Crippen LogP contribution in [0.4, 0.5) is 0 Å². The van der Waals surface area contributed by atoms with Gasteiger partial charge in [-0.25, -0.2) is 8.42 Å². The van der Waals surface area contributed by atoms with Gasteiger partial charge in [0, 0.05) is 57.7 Å². The van der Waals surface area contributed by atoms with E-state index in [4.69, 9.17) is 9.47 Å². The van der Waals surface area contributed by atoms with Gasteiger partial charge in [0.15, 0.2) is 11.5 Å². The minimum atomic E-state index is -3.71. The van der Waals surface area contributed by atoms with E-state index in [9.17, 15) is 18.0 Å². The topological polar surface area (TPSA) is 96.5 Å². The maximum absolute atomic E-state index is 13.2. The normalized spacial score (nSPS) is 24.8. The highest BCUT2D eigenvalue weighted by Crippen LogP contribution is 2.34. The molecule has 9 nitrogen and oxygen atoms in total. The Labute approximate surface area is 194 Å². The first kappa shape index (κ1) is 22.5. The lowest BCUT2D eigenvalue weighted by atomic mass is 10.1. The highest BCUT2D eigenvalue weighted by atomic mass is 32.2. The maximum atomic E-state index is 13.2. The van der Waals surface area contributed by atoms with E-state index in [1.54, 1.807) is 17.0 Å². The Balaban J connectivity index is 1.20. The summed E-state index contributed by atoms with van der Waals surface area (Å²) in [5.74, 6) is 0.732. The smallest absolute Gasteiger partial charge is 0.243 e. The molecular formula is C23H31N3O6S. The number of nitrogens with zero attached hydrogens (tertiary/aromatic N) is 3. The van der Waals surface area contributed by atoms with Crippen LogP contribution >= 0.6 is 0 Å². The molecule has 33 heavy (non-hydrogen) atoms. The van der Waals surface area contributed by atoms with E-state index in [2.05, 4.69) is 0 Å². The summed E-state index contributed by atoms with van der Waals surface area (Å²) in [5, 5.41) is 0. The first-order valence-corrected chi connectivity index (χ1v) is 13.4. The van der Waals surface area contributed by atoms with Gasteiger partial charge in [-0.3, -0.25) is 9.59 Å². The van der Waals surface area contributed by atoms with Crippen molar-refractivity contribution < 1.29 is 27.5 Å². The summed E-state index contributed by atoms with van der Waals surface area (Å²) in [6, 6.07) is 4.99. The zero-order valence-electron chi connectivity index (χ0n) is 18.8. The molecule has 2 saturated heterocycles. The fourth-order valence-electron chi connectivity index (χ4n) is 5.33. The van der Waals surface area contributed by atoms with Gasteiger partial charge in [-0.1, -0.05) is 12.8 Å². The number of amides is 2. The van der Waals surface area contributed by atoms with Crippen LogP contribution in [0.15, 0.2) is 23.1 Å². The third-order valence-electron chi connectivity index (χ3n) is 7.18. The van der Waals surface area contributed by atoms with Gasteiger partial charge < -0.3 is 19.3 Å². The van der Waals surface area contributed by atoms with Crippen molar-refractivity contribution in [2.24, 2.45) is 5.92 Å².